The van der Waals surface area contributed by atoms with Crippen LogP contribution >= 0.6 is 11.3 Å². The number of hydrogen-bond donors (Lipinski definition) is 0. The monoisotopic (exact) mass is 539 g/mol. The van der Waals surface area contributed by atoms with Crippen molar-refractivity contribution in [2.45, 2.75) is 39.8 Å². The van der Waals surface area contributed by atoms with E-state index >= 15 is 4.39 Å². The third-order valence-electron chi connectivity index (χ3n) is 6.42. The molecule has 0 aliphatic carbocycles. The van der Waals surface area contributed by atoms with E-state index in [2.05, 4.69) is 6.07 Å². The van der Waals surface area contributed by atoms with Crippen molar-refractivity contribution < 1.29 is 9.13 Å². The van der Waals surface area contributed by atoms with Crippen LogP contribution in [0.5, 0.6) is 5.75 Å². The Labute approximate surface area is 228 Å². The van der Waals surface area contributed by atoms with Crippen LogP contribution in [-0.2, 0) is 13.0 Å². The van der Waals surface area contributed by atoms with E-state index < -0.39 is 17.1 Å². The lowest BCUT2D eigenvalue weighted by molar-refractivity contribution is 0.242. The summed E-state index contributed by atoms with van der Waals surface area (Å²) in [6.07, 6.45) is 0.690. The number of benzene rings is 3. The van der Waals surface area contributed by atoms with E-state index in [1.807, 2.05) is 26.8 Å². The molecule has 0 spiro atoms. The summed E-state index contributed by atoms with van der Waals surface area (Å²) in [6, 6.07) is 22.5. The summed E-state index contributed by atoms with van der Waals surface area (Å²) < 4.78 is 23.7. The van der Waals surface area contributed by atoms with Gasteiger partial charge in [0.1, 0.15) is 16.4 Å². The van der Waals surface area contributed by atoms with Crippen LogP contribution in [0.25, 0.3) is 27.0 Å². The normalized spacial score (nSPS) is 11.2. The predicted molar refractivity (Wildman–Crippen MR) is 152 cm³/mol. The molecule has 0 aliphatic rings. The number of rotatable bonds is 7. The van der Waals surface area contributed by atoms with Gasteiger partial charge in [-0.2, -0.15) is 5.26 Å². The molecule has 2 aromatic heterocycles. The minimum atomic E-state index is -0.548. The van der Waals surface area contributed by atoms with Gasteiger partial charge in [-0.15, -0.1) is 11.3 Å². The summed E-state index contributed by atoms with van der Waals surface area (Å²) in [5, 5.41) is 9.85. The van der Waals surface area contributed by atoms with Crippen LogP contribution in [0.15, 0.2) is 82.4 Å². The lowest BCUT2D eigenvalue weighted by Crippen LogP contribution is -2.38. The summed E-state index contributed by atoms with van der Waals surface area (Å²) in [7, 11) is 0. The minimum Gasteiger partial charge on any atom is -0.491 e. The number of nitriles is 1. The maximum Gasteiger partial charge on any atom is 0.337 e. The van der Waals surface area contributed by atoms with Crippen LogP contribution in [0.3, 0.4) is 0 Å². The van der Waals surface area contributed by atoms with Crippen LogP contribution in [0.2, 0.25) is 0 Å². The zero-order chi connectivity index (χ0) is 27.7. The van der Waals surface area contributed by atoms with E-state index in [1.54, 1.807) is 60.7 Å². The van der Waals surface area contributed by atoms with Crippen LogP contribution in [0.1, 0.15) is 36.8 Å². The number of aromatic nitrogens is 2. The first-order valence-electron chi connectivity index (χ1n) is 12.6. The standard InChI is InChI=1S/C31H26FN3O3S/c1-4-25-16-27-29(36)35(23-11-13-24(14-12-23)38-19(2)3)31(37)34(30(27)39-25)18-22-10-9-20(15-28(22)32)26-8-6-5-7-21(26)17-33/h5-16,19H,4,18H2,1-3H3. The second-order valence-electron chi connectivity index (χ2n) is 9.42. The minimum absolute atomic E-state index is 0.0138. The largest absolute Gasteiger partial charge is 0.491 e. The molecule has 0 saturated carbocycles. The maximum absolute atomic E-state index is 15.4. The van der Waals surface area contributed by atoms with Gasteiger partial charge in [-0.1, -0.05) is 37.3 Å². The number of ether oxygens (including phenoxy) is 1. The van der Waals surface area contributed by atoms with E-state index in [0.29, 0.717) is 50.3 Å². The first-order chi connectivity index (χ1) is 18.8. The van der Waals surface area contributed by atoms with Crippen molar-refractivity contribution >= 4 is 21.6 Å². The molecule has 0 amide bonds. The first-order valence-corrected chi connectivity index (χ1v) is 13.5. The molecular weight excluding hydrogens is 513 g/mol. The molecule has 0 unspecified atom stereocenters. The van der Waals surface area contributed by atoms with Gasteiger partial charge in [0.15, 0.2) is 0 Å². The fourth-order valence-electron chi connectivity index (χ4n) is 4.53. The Bertz CT molecular complexity index is 1840. The van der Waals surface area contributed by atoms with Gasteiger partial charge in [-0.25, -0.2) is 13.8 Å². The van der Waals surface area contributed by atoms with E-state index in [9.17, 15) is 14.9 Å². The molecule has 5 rings (SSSR count). The van der Waals surface area contributed by atoms with Crippen molar-refractivity contribution in [3.05, 3.63) is 115 Å². The zero-order valence-corrected chi connectivity index (χ0v) is 22.6. The zero-order valence-electron chi connectivity index (χ0n) is 21.8. The van der Waals surface area contributed by atoms with Gasteiger partial charge < -0.3 is 4.74 Å². The molecule has 0 atom stereocenters. The van der Waals surface area contributed by atoms with Crippen LogP contribution < -0.4 is 16.0 Å². The number of hydrogen-bond acceptors (Lipinski definition) is 5. The molecule has 5 aromatic rings. The second kappa shape index (κ2) is 10.7. The Kier molecular flexibility index (Phi) is 7.18. The quantitative estimate of drug-likeness (QED) is 0.244. The summed E-state index contributed by atoms with van der Waals surface area (Å²) >= 11 is 1.37. The summed E-state index contributed by atoms with van der Waals surface area (Å²) in [5.74, 6) is 0.132. The van der Waals surface area contributed by atoms with Gasteiger partial charge in [0.2, 0.25) is 0 Å². The molecular formula is C31H26FN3O3S. The number of aryl methyl sites for hydroxylation is 1. The average Bonchev–Trinajstić information content (AvgIpc) is 3.37. The van der Waals surface area contributed by atoms with Gasteiger partial charge in [0, 0.05) is 10.4 Å². The molecule has 2 heterocycles. The molecule has 0 fully saturated rings. The Morgan fingerprint density at radius 1 is 1.03 bits per heavy atom. The van der Waals surface area contributed by atoms with Gasteiger partial charge in [-0.3, -0.25) is 9.36 Å². The third-order valence-corrected chi connectivity index (χ3v) is 7.72. The Balaban J connectivity index is 1.63. The van der Waals surface area contributed by atoms with Crippen molar-refractivity contribution in [1.29, 1.82) is 5.26 Å². The fraction of sp³-hybridized carbons (Fsp3) is 0.194. The van der Waals surface area contributed by atoms with E-state index in [4.69, 9.17) is 4.74 Å². The first kappa shape index (κ1) is 26.1. The smallest absolute Gasteiger partial charge is 0.337 e. The Hall–Kier alpha value is -4.48. The highest BCUT2D eigenvalue weighted by molar-refractivity contribution is 7.18. The molecule has 0 aliphatic heterocycles. The summed E-state index contributed by atoms with van der Waals surface area (Å²) in [4.78, 5) is 28.8. The highest BCUT2D eigenvalue weighted by atomic mass is 32.1. The Morgan fingerprint density at radius 2 is 1.77 bits per heavy atom. The van der Waals surface area contributed by atoms with Crippen LogP contribution in [0, 0.1) is 17.1 Å². The fourth-order valence-corrected chi connectivity index (χ4v) is 5.61. The van der Waals surface area contributed by atoms with E-state index in [0.717, 1.165) is 9.44 Å². The van der Waals surface area contributed by atoms with Crippen LogP contribution in [0.4, 0.5) is 4.39 Å². The third kappa shape index (κ3) is 5.01. The van der Waals surface area contributed by atoms with Crippen molar-refractivity contribution in [2.24, 2.45) is 0 Å². The Morgan fingerprint density at radius 3 is 2.44 bits per heavy atom. The van der Waals surface area contributed by atoms with Gasteiger partial charge in [0.25, 0.3) is 5.56 Å². The molecule has 0 radical (unpaired) electrons. The topological polar surface area (TPSA) is 77.0 Å². The van der Waals surface area contributed by atoms with Gasteiger partial charge >= 0.3 is 5.69 Å². The highest BCUT2D eigenvalue weighted by Crippen LogP contribution is 2.27. The molecule has 0 saturated heterocycles. The molecule has 8 heteroatoms. The predicted octanol–water partition coefficient (Wildman–Crippen LogP) is 6.29. The summed E-state index contributed by atoms with van der Waals surface area (Å²) in [5.41, 5.74) is 1.40. The maximum atomic E-state index is 15.4. The molecule has 39 heavy (non-hydrogen) atoms. The van der Waals surface area contributed by atoms with Crippen molar-refractivity contribution in [3.63, 3.8) is 0 Å². The summed E-state index contributed by atoms with van der Waals surface area (Å²) in [6.45, 7) is 5.76. The molecule has 3 aromatic carbocycles. The van der Waals surface area contributed by atoms with Crippen molar-refractivity contribution in [2.75, 3.05) is 0 Å². The lowest BCUT2D eigenvalue weighted by Gasteiger charge is -2.14. The average molecular weight is 540 g/mol. The molecule has 196 valence electrons. The molecule has 0 N–H and O–H groups in total. The number of halogens is 1. The van der Waals surface area contributed by atoms with Crippen molar-refractivity contribution in [3.8, 4) is 28.6 Å². The van der Waals surface area contributed by atoms with Gasteiger partial charge in [0.05, 0.1) is 35.4 Å². The second-order valence-corrected chi connectivity index (χ2v) is 10.5. The van der Waals surface area contributed by atoms with Crippen LogP contribution in [-0.4, -0.2) is 15.2 Å². The molecule has 6 nitrogen and oxygen atoms in total. The number of fused-ring (bicyclic) bond motifs is 1. The molecule has 0 bridgehead atoms. The van der Waals surface area contributed by atoms with E-state index in [1.165, 1.54) is 22.0 Å². The van der Waals surface area contributed by atoms with Crippen molar-refractivity contribution in [1.82, 2.24) is 9.13 Å². The SMILES string of the molecule is CCc1cc2c(=O)n(-c3ccc(OC(C)C)cc3)c(=O)n(Cc3ccc(-c4ccccc4C#N)cc3F)c2s1. The number of thiophene rings is 1. The van der Waals surface area contributed by atoms with Gasteiger partial charge in [-0.05, 0) is 73.9 Å². The highest BCUT2D eigenvalue weighted by Gasteiger charge is 2.19. The lowest BCUT2D eigenvalue weighted by atomic mass is 9.99. The number of nitrogens with zero attached hydrogens (tertiary/aromatic N) is 3. The van der Waals surface area contributed by atoms with E-state index in [-0.39, 0.29) is 12.6 Å².